The zero-order valence-corrected chi connectivity index (χ0v) is 12.3. The van der Waals surface area contributed by atoms with Gasteiger partial charge in [-0.3, -0.25) is 4.79 Å². The van der Waals surface area contributed by atoms with Crippen LogP contribution >= 0.6 is 0 Å². The molecule has 1 fully saturated rings. The number of rotatable bonds is 4. The Kier molecular flexibility index (Phi) is 3.06. The zero-order valence-electron chi connectivity index (χ0n) is 12.3. The molecule has 0 atom stereocenters. The van der Waals surface area contributed by atoms with Gasteiger partial charge >= 0.3 is 0 Å². The lowest BCUT2D eigenvalue weighted by molar-refractivity contribution is -0.125. The molecule has 116 valence electrons. The van der Waals surface area contributed by atoms with Crippen LogP contribution in [0, 0.1) is 0 Å². The van der Waals surface area contributed by atoms with Crippen molar-refractivity contribution in [2.75, 3.05) is 10.6 Å². The Hall–Kier alpha value is -2.86. The zero-order chi connectivity index (χ0) is 15.9. The van der Waals surface area contributed by atoms with Gasteiger partial charge in [-0.2, -0.15) is 0 Å². The van der Waals surface area contributed by atoms with Crippen LogP contribution in [0.3, 0.4) is 0 Å². The summed E-state index contributed by atoms with van der Waals surface area (Å²) in [5.74, 6) is 0.325. The van der Waals surface area contributed by atoms with E-state index < -0.39 is 5.60 Å². The van der Waals surface area contributed by atoms with Crippen LogP contribution in [-0.4, -0.2) is 26.6 Å². The highest BCUT2D eigenvalue weighted by Gasteiger charge is 2.48. The average molecular weight is 308 g/mol. The minimum Gasteiger partial charge on any atom is -0.380 e. The van der Waals surface area contributed by atoms with Crippen LogP contribution in [0.25, 0.3) is 11.0 Å². The number of hydrogen-bond donors (Lipinski definition) is 4. The molecule has 1 aliphatic carbocycles. The molecule has 0 spiro atoms. The quantitative estimate of drug-likeness (QED) is 0.596. The third-order valence-corrected chi connectivity index (χ3v) is 3.94. The lowest BCUT2D eigenvalue weighted by atomic mass is 10.2. The van der Waals surface area contributed by atoms with Gasteiger partial charge < -0.3 is 20.7 Å². The maximum atomic E-state index is 11.8. The number of imidazole rings is 1. The Labute approximate surface area is 132 Å². The third kappa shape index (κ3) is 2.76. The number of aromatic amines is 1. The number of fused-ring (bicyclic) bond motifs is 1. The molecule has 0 unspecified atom stereocenters. The largest absolute Gasteiger partial charge is 0.380 e. The van der Waals surface area contributed by atoms with Gasteiger partial charge in [0.05, 0.1) is 11.0 Å². The summed E-state index contributed by atoms with van der Waals surface area (Å²) in [6.07, 6.45) is 1.06. The molecular weight excluding hydrogens is 292 g/mol. The number of aliphatic hydroxyl groups is 1. The van der Waals surface area contributed by atoms with Crippen molar-refractivity contribution in [2.45, 2.75) is 18.4 Å². The summed E-state index contributed by atoms with van der Waals surface area (Å²) in [5, 5.41) is 15.6. The first-order valence-corrected chi connectivity index (χ1v) is 7.48. The predicted octanol–water partition coefficient (Wildman–Crippen LogP) is 2.77. The monoisotopic (exact) mass is 308 g/mol. The van der Waals surface area contributed by atoms with Crippen LogP contribution in [0.2, 0.25) is 0 Å². The molecular formula is C17H16N4O2. The molecule has 0 saturated heterocycles. The number of benzene rings is 2. The van der Waals surface area contributed by atoms with Gasteiger partial charge in [0.1, 0.15) is 5.60 Å². The fourth-order valence-corrected chi connectivity index (χ4v) is 2.38. The SMILES string of the molecule is O=C(Nc1ccc(Nc2nc3ccccc3[nH]2)cc1)C1(O)CC1. The number of hydrogen-bond acceptors (Lipinski definition) is 4. The highest BCUT2D eigenvalue weighted by Crippen LogP contribution is 2.36. The number of carbonyl (C=O) groups excluding carboxylic acids is 1. The van der Waals surface area contributed by atoms with E-state index in [1.807, 2.05) is 36.4 Å². The Morgan fingerprint density at radius 2 is 1.78 bits per heavy atom. The number of para-hydroxylation sites is 2. The van der Waals surface area contributed by atoms with Crippen LogP contribution < -0.4 is 10.6 Å². The molecule has 6 heteroatoms. The van der Waals surface area contributed by atoms with Crippen molar-refractivity contribution in [3.05, 3.63) is 48.5 Å². The number of anilines is 3. The van der Waals surface area contributed by atoms with E-state index in [0.29, 0.717) is 24.5 Å². The van der Waals surface area contributed by atoms with Crippen LogP contribution in [0.15, 0.2) is 48.5 Å². The first-order chi connectivity index (χ1) is 11.1. The van der Waals surface area contributed by atoms with Crippen LogP contribution in [0.5, 0.6) is 0 Å². The van der Waals surface area contributed by atoms with Gasteiger partial charge in [0.15, 0.2) is 0 Å². The molecule has 4 N–H and O–H groups in total. The average Bonchev–Trinajstić information content (AvgIpc) is 3.18. The van der Waals surface area contributed by atoms with Gasteiger partial charge in [0.2, 0.25) is 5.95 Å². The standard InChI is InChI=1S/C17H16N4O2/c22-15(17(23)9-10-17)18-11-5-7-12(8-6-11)19-16-20-13-3-1-2-4-14(13)21-16/h1-8,23H,9-10H2,(H,18,22)(H2,19,20,21). The molecule has 0 bridgehead atoms. The van der Waals surface area contributed by atoms with Gasteiger partial charge in [0.25, 0.3) is 5.91 Å². The number of amides is 1. The number of nitrogens with one attached hydrogen (secondary N) is 3. The first kappa shape index (κ1) is 13.8. The van der Waals surface area contributed by atoms with Crippen LogP contribution in [-0.2, 0) is 4.79 Å². The number of aromatic nitrogens is 2. The summed E-state index contributed by atoms with van der Waals surface area (Å²) < 4.78 is 0. The smallest absolute Gasteiger partial charge is 0.256 e. The lowest BCUT2D eigenvalue weighted by Crippen LogP contribution is -2.29. The number of H-pyrrole nitrogens is 1. The molecule has 23 heavy (non-hydrogen) atoms. The summed E-state index contributed by atoms with van der Waals surface area (Å²) in [4.78, 5) is 19.4. The first-order valence-electron chi connectivity index (χ1n) is 7.48. The van der Waals surface area contributed by atoms with E-state index >= 15 is 0 Å². The maximum absolute atomic E-state index is 11.8. The fraction of sp³-hybridized carbons (Fsp3) is 0.176. The second kappa shape index (κ2) is 5.10. The summed E-state index contributed by atoms with van der Waals surface area (Å²) in [6, 6.07) is 15.1. The van der Waals surface area contributed by atoms with Crippen LogP contribution in [0.1, 0.15) is 12.8 Å². The molecule has 1 amide bonds. The van der Waals surface area contributed by atoms with Crippen molar-refractivity contribution in [2.24, 2.45) is 0 Å². The fourth-order valence-electron chi connectivity index (χ4n) is 2.38. The lowest BCUT2D eigenvalue weighted by Gasteiger charge is -2.10. The van der Waals surface area contributed by atoms with Crippen molar-refractivity contribution in [1.29, 1.82) is 0 Å². The summed E-state index contributed by atoms with van der Waals surface area (Å²) in [6.45, 7) is 0. The molecule has 1 aliphatic rings. The van der Waals surface area contributed by atoms with Gasteiger partial charge in [-0.1, -0.05) is 12.1 Å². The van der Waals surface area contributed by atoms with Gasteiger partial charge in [-0.25, -0.2) is 4.98 Å². The molecule has 1 saturated carbocycles. The molecule has 2 aromatic carbocycles. The Morgan fingerprint density at radius 3 is 2.48 bits per heavy atom. The van der Waals surface area contributed by atoms with E-state index in [1.54, 1.807) is 12.1 Å². The minimum absolute atomic E-state index is 0.338. The van der Waals surface area contributed by atoms with E-state index in [9.17, 15) is 9.90 Å². The summed E-state index contributed by atoms with van der Waals surface area (Å²) in [5.41, 5.74) is 2.22. The van der Waals surface area contributed by atoms with Gasteiger partial charge in [-0.05, 0) is 49.2 Å². The molecule has 4 rings (SSSR count). The number of carbonyl (C=O) groups is 1. The van der Waals surface area contributed by atoms with Crippen molar-refractivity contribution in [3.63, 3.8) is 0 Å². The second-order valence-corrected chi connectivity index (χ2v) is 5.79. The van der Waals surface area contributed by atoms with E-state index in [1.165, 1.54) is 0 Å². The summed E-state index contributed by atoms with van der Waals surface area (Å²) in [7, 11) is 0. The van der Waals surface area contributed by atoms with Crippen molar-refractivity contribution in [3.8, 4) is 0 Å². The molecule has 3 aromatic rings. The Morgan fingerprint density at radius 1 is 1.09 bits per heavy atom. The summed E-state index contributed by atoms with van der Waals surface area (Å²) >= 11 is 0. The topological polar surface area (TPSA) is 90.0 Å². The minimum atomic E-state index is -1.16. The molecule has 0 radical (unpaired) electrons. The maximum Gasteiger partial charge on any atom is 0.256 e. The van der Waals surface area contributed by atoms with E-state index in [0.717, 1.165) is 16.7 Å². The molecule has 1 heterocycles. The predicted molar refractivity (Wildman–Crippen MR) is 88.6 cm³/mol. The van der Waals surface area contributed by atoms with Crippen molar-refractivity contribution >= 4 is 34.3 Å². The molecule has 0 aliphatic heterocycles. The van der Waals surface area contributed by atoms with E-state index in [-0.39, 0.29) is 5.91 Å². The van der Waals surface area contributed by atoms with Gasteiger partial charge in [0, 0.05) is 11.4 Å². The third-order valence-electron chi connectivity index (χ3n) is 3.94. The molecule has 1 aromatic heterocycles. The highest BCUT2D eigenvalue weighted by atomic mass is 16.3. The van der Waals surface area contributed by atoms with Crippen molar-refractivity contribution < 1.29 is 9.90 Å². The van der Waals surface area contributed by atoms with E-state index in [2.05, 4.69) is 20.6 Å². The number of nitrogens with zero attached hydrogens (tertiary/aromatic N) is 1. The van der Waals surface area contributed by atoms with Crippen molar-refractivity contribution in [1.82, 2.24) is 9.97 Å². The second-order valence-electron chi connectivity index (χ2n) is 5.79. The van der Waals surface area contributed by atoms with Gasteiger partial charge in [-0.15, -0.1) is 0 Å². The normalized spacial score (nSPS) is 15.3. The van der Waals surface area contributed by atoms with E-state index in [4.69, 9.17) is 0 Å². The Bertz CT molecular complexity index is 833. The van der Waals surface area contributed by atoms with Crippen LogP contribution in [0.4, 0.5) is 17.3 Å². The molecule has 6 nitrogen and oxygen atoms in total. The highest BCUT2D eigenvalue weighted by molar-refractivity contribution is 5.99. The Balaban J connectivity index is 1.46.